The monoisotopic (exact) mass is 738 g/mol. The Hall–Kier alpha value is -7.82. The van der Waals surface area contributed by atoms with E-state index in [2.05, 4.69) is 225 Å². The van der Waals surface area contributed by atoms with Crippen LogP contribution in [0.2, 0.25) is 0 Å². The number of rotatable bonds is 4. The number of benzene rings is 9. The SMILES string of the molecule is c1ccc(-n2c3ccccc3c3ccc(-n4c5ccccc5c5c(-n6c7ccccc7c7c(-n8c9ccccc9c9ccccc98)cccc76)cccc54)cc32)cc1. The predicted octanol–water partition coefficient (Wildman–Crippen LogP) is 14.1. The molecule has 0 unspecified atom stereocenters. The van der Waals surface area contributed by atoms with Gasteiger partial charge in [-0.15, -0.1) is 0 Å². The standard InChI is InChI=1S/C54H34N4/c1-2-16-35(17-3-1)55-43-23-9-4-20-39(43)40-33-32-36(34-52(40)55)56-46-26-12-7-21-41(46)53-48(56)28-14-30-50(53)58-47-27-13-8-22-42(47)54-49(29-15-31-51(54)58)57-44-24-10-5-18-37(44)38-19-6-11-25-45(38)57/h1-34H. The van der Waals surface area contributed by atoms with Crippen molar-refractivity contribution in [2.24, 2.45) is 0 Å². The minimum Gasteiger partial charge on any atom is -0.309 e. The van der Waals surface area contributed by atoms with Crippen LogP contribution in [0.25, 0.3) is 110 Å². The van der Waals surface area contributed by atoms with Gasteiger partial charge in [-0.1, -0.05) is 127 Å². The molecule has 4 aromatic heterocycles. The van der Waals surface area contributed by atoms with E-state index in [4.69, 9.17) is 0 Å². The summed E-state index contributed by atoms with van der Waals surface area (Å²) in [4.78, 5) is 0. The Morgan fingerprint density at radius 3 is 1.12 bits per heavy atom. The van der Waals surface area contributed by atoms with Gasteiger partial charge in [-0.3, -0.25) is 0 Å². The minimum atomic E-state index is 1.13. The lowest BCUT2D eigenvalue weighted by Crippen LogP contribution is -1.98. The van der Waals surface area contributed by atoms with Gasteiger partial charge < -0.3 is 18.3 Å². The molecule has 13 aromatic rings. The van der Waals surface area contributed by atoms with Crippen molar-refractivity contribution in [2.45, 2.75) is 0 Å². The maximum absolute atomic E-state index is 2.50. The largest absolute Gasteiger partial charge is 0.309 e. The highest BCUT2D eigenvalue weighted by Crippen LogP contribution is 2.43. The number of aromatic nitrogens is 4. The highest BCUT2D eigenvalue weighted by molar-refractivity contribution is 6.19. The van der Waals surface area contributed by atoms with E-state index in [-0.39, 0.29) is 0 Å². The van der Waals surface area contributed by atoms with Crippen LogP contribution in [0.5, 0.6) is 0 Å². The Kier molecular flexibility index (Phi) is 6.41. The average molecular weight is 739 g/mol. The van der Waals surface area contributed by atoms with Crippen LogP contribution in [0.4, 0.5) is 0 Å². The molecule has 0 amide bonds. The van der Waals surface area contributed by atoms with Crippen LogP contribution in [0, 0.1) is 0 Å². The van der Waals surface area contributed by atoms with Crippen molar-refractivity contribution in [3.05, 3.63) is 206 Å². The summed E-state index contributed by atoms with van der Waals surface area (Å²) in [6.45, 7) is 0. The van der Waals surface area contributed by atoms with E-state index in [9.17, 15) is 0 Å². The van der Waals surface area contributed by atoms with Crippen LogP contribution in [0.3, 0.4) is 0 Å². The normalized spacial score (nSPS) is 12.1. The van der Waals surface area contributed by atoms with Crippen molar-refractivity contribution in [1.29, 1.82) is 0 Å². The van der Waals surface area contributed by atoms with Gasteiger partial charge in [-0.05, 0) is 78.9 Å². The Labute approximate surface area is 333 Å². The zero-order chi connectivity index (χ0) is 37.9. The van der Waals surface area contributed by atoms with Crippen LogP contribution >= 0.6 is 0 Å². The van der Waals surface area contributed by atoms with Gasteiger partial charge in [0.15, 0.2) is 0 Å². The van der Waals surface area contributed by atoms with Crippen LogP contribution in [0.15, 0.2) is 206 Å². The van der Waals surface area contributed by atoms with Gasteiger partial charge in [0, 0.05) is 54.5 Å². The first-order valence-electron chi connectivity index (χ1n) is 20.0. The molecular formula is C54H34N4. The molecule has 0 radical (unpaired) electrons. The zero-order valence-corrected chi connectivity index (χ0v) is 31.4. The molecule has 4 heterocycles. The number of hydrogen-bond acceptors (Lipinski definition) is 0. The van der Waals surface area contributed by atoms with Crippen LogP contribution in [0.1, 0.15) is 0 Å². The van der Waals surface area contributed by atoms with E-state index in [1.54, 1.807) is 0 Å². The highest BCUT2D eigenvalue weighted by atomic mass is 15.0. The van der Waals surface area contributed by atoms with Crippen molar-refractivity contribution in [3.8, 4) is 22.7 Å². The second-order valence-corrected chi connectivity index (χ2v) is 15.3. The molecule has 0 fully saturated rings. The van der Waals surface area contributed by atoms with Crippen molar-refractivity contribution in [3.63, 3.8) is 0 Å². The van der Waals surface area contributed by atoms with Crippen LogP contribution < -0.4 is 0 Å². The molecule has 270 valence electrons. The van der Waals surface area contributed by atoms with Crippen LogP contribution in [-0.4, -0.2) is 18.3 Å². The van der Waals surface area contributed by atoms with E-state index in [0.29, 0.717) is 0 Å². The smallest absolute Gasteiger partial charge is 0.0562 e. The molecule has 0 aliphatic rings. The third-order valence-electron chi connectivity index (χ3n) is 12.3. The first-order valence-corrected chi connectivity index (χ1v) is 20.0. The summed E-state index contributed by atoms with van der Waals surface area (Å²) in [6.07, 6.45) is 0. The van der Waals surface area contributed by atoms with Crippen LogP contribution in [-0.2, 0) is 0 Å². The molecule has 0 aliphatic heterocycles. The fourth-order valence-corrected chi connectivity index (χ4v) is 10.0. The molecule has 4 heteroatoms. The maximum atomic E-state index is 2.50. The molecule has 13 rings (SSSR count). The van der Waals surface area contributed by atoms with Gasteiger partial charge in [0.1, 0.15) is 0 Å². The second-order valence-electron chi connectivity index (χ2n) is 15.3. The third-order valence-corrected chi connectivity index (χ3v) is 12.3. The van der Waals surface area contributed by atoms with Gasteiger partial charge in [0.25, 0.3) is 0 Å². The predicted molar refractivity (Wildman–Crippen MR) is 244 cm³/mol. The Morgan fingerprint density at radius 1 is 0.207 bits per heavy atom. The quantitative estimate of drug-likeness (QED) is 0.171. The van der Waals surface area contributed by atoms with E-state index in [0.717, 1.165) is 17.1 Å². The first-order chi connectivity index (χ1) is 28.8. The summed E-state index contributed by atoms with van der Waals surface area (Å²) in [5.41, 5.74) is 14.2. The van der Waals surface area contributed by atoms with Gasteiger partial charge in [0.05, 0.1) is 55.5 Å². The molecule has 0 spiro atoms. The Bertz CT molecular complexity index is 3740. The third kappa shape index (κ3) is 4.18. The highest BCUT2D eigenvalue weighted by Gasteiger charge is 2.23. The lowest BCUT2D eigenvalue weighted by molar-refractivity contribution is 1.15. The molecule has 0 bridgehead atoms. The lowest BCUT2D eigenvalue weighted by Gasteiger charge is -2.13. The summed E-state index contributed by atoms with van der Waals surface area (Å²) in [5.74, 6) is 0. The fraction of sp³-hybridized carbons (Fsp3) is 0. The van der Waals surface area contributed by atoms with Gasteiger partial charge in [-0.25, -0.2) is 0 Å². The molecule has 58 heavy (non-hydrogen) atoms. The van der Waals surface area contributed by atoms with Gasteiger partial charge in [-0.2, -0.15) is 0 Å². The first kappa shape index (κ1) is 31.4. The molecule has 0 aliphatic carbocycles. The summed E-state index contributed by atoms with van der Waals surface area (Å²) >= 11 is 0. The van der Waals surface area contributed by atoms with Gasteiger partial charge >= 0.3 is 0 Å². The maximum Gasteiger partial charge on any atom is 0.0562 e. The Morgan fingerprint density at radius 2 is 0.569 bits per heavy atom. The molecule has 0 N–H and O–H groups in total. The molecule has 4 nitrogen and oxygen atoms in total. The molecule has 0 saturated heterocycles. The van der Waals surface area contributed by atoms with E-state index in [1.165, 1.54) is 92.9 Å². The van der Waals surface area contributed by atoms with E-state index < -0.39 is 0 Å². The molecular weight excluding hydrogens is 705 g/mol. The second kappa shape index (κ2) is 11.8. The fourth-order valence-electron chi connectivity index (χ4n) is 10.0. The van der Waals surface area contributed by atoms with Crippen molar-refractivity contribution in [1.82, 2.24) is 18.3 Å². The minimum absolute atomic E-state index is 1.13. The number of nitrogens with zero attached hydrogens (tertiary/aromatic N) is 4. The Balaban J connectivity index is 1.11. The molecule has 0 saturated carbocycles. The number of hydrogen-bond donors (Lipinski definition) is 0. The molecule has 9 aromatic carbocycles. The number of para-hydroxylation sites is 6. The van der Waals surface area contributed by atoms with E-state index in [1.807, 2.05) is 0 Å². The number of fused-ring (bicyclic) bond motifs is 12. The lowest BCUT2D eigenvalue weighted by atomic mass is 10.1. The van der Waals surface area contributed by atoms with Crippen molar-refractivity contribution < 1.29 is 0 Å². The topological polar surface area (TPSA) is 19.7 Å². The molecule has 0 atom stereocenters. The summed E-state index contributed by atoms with van der Waals surface area (Å²) < 4.78 is 9.82. The van der Waals surface area contributed by atoms with Crippen molar-refractivity contribution in [2.75, 3.05) is 0 Å². The summed E-state index contributed by atoms with van der Waals surface area (Å²) in [5, 5.41) is 9.95. The summed E-state index contributed by atoms with van der Waals surface area (Å²) in [7, 11) is 0. The van der Waals surface area contributed by atoms with E-state index >= 15 is 0 Å². The van der Waals surface area contributed by atoms with Crippen molar-refractivity contribution >= 4 is 87.2 Å². The zero-order valence-electron chi connectivity index (χ0n) is 31.4. The van der Waals surface area contributed by atoms with Gasteiger partial charge in [0.2, 0.25) is 0 Å². The average Bonchev–Trinajstić information content (AvgIpc) is 4.01. The summed E-state index contributed by atoms with van der Waals surface area (Å²) in [6, 6.07) is 75.4.